The highest BCUT2D eigenvalue weighted by atomic mass is 32.2. The maximum absolute atomic E-state index is 13.7. The van der Waals surface area contributed by atoms with Gasteiger partial charge in [0, 0.05) is 32.7 Å². The van der Waals surface area contributed by atoms with Gasteiger partial charge in [-0.25, -0.2) is 8.42 Å². The highest BCUT2D eigenvalue weighted by Crippen LogP contribution is 2.28. The number of nitrogens with zero attached hydrogens (tertiary/aromatic N) is 3. The zero-order valence-corrected chi connectivity index (χ0v) is 20.0. The molecule has 7 nitrogen and oxygen atoms in total. The molecule has 0 atom stereocenters. The van der Waals surface area contributed by atoms with Gasteiger partial charge < -0.3 is 14.5 Å². The highest BCUT2D eigenvalue weighted by molar-refractivity contribution is 7.89. The number of hydrogen-bond acceptors (Lipinski definition) is 5. The van der Waals surface area contributed by atoms with E-state index >= 15 is 0 Å². The number of carbonyl (C=O) groups is 1. The molecule has 2 aromatic rings. The summed E-state index contributed by atoms with van der Waals surface area (Å²) in [5.74, 6) is 0.119. The number of piperazine rings is 1. The SMILES string of the molecule is CCN1CCN(C(=O)CN(CCc2ccccc2)S(=O)(=O)c2cc(C)ccc2OC)CC1. The van der Waals surface area contributed by atoms with Crippen molar-refractivity contribution in [3.8, 4) is 5.75 Å². The number of likely N-dealkylation sites (N-methyl/N-ethyl adjacent to an activating group) is 1. The first-order chi connectivity index (χ1) is 15.3. The maximum atomic E-state index is 13.7. The van der Waals surface area contributed by atoms with Gasteiger partial charge in [-0.15, -0.1) is 0 Å². The molecular formula is C24H33N3O4S. The summed E-state index contributed by atoms with van der Waals surface area (Å²) in [4.78, 5) is 17.2. The first kappa shape index (κ1) is 24.2. The standard InChI is InChI=1S/C24H33N3O4S/c1-4-25-14-16-26(17-15-25)24(28)19-27(13-12-21-8-6-5-7-9-21)32(29,30)23-18-20(2)10-11-22(23)31-3/h5-11,18H,4,12-17,19H2,1-3H3. The lowest BCUT2D eigenvalue weighted by Gasteiger charge is -2.35. The van der Waals surface area contributed by atoms with Crippen molar-refractivity contribution < 1.29 is 17.9 Å². The molecule has 0 spiro atoms. The normalized spacial score (nSPS) is 15.2. The van der Waals surface area contributed by atoms with Crippen LogP contribution in [0.4, 0.5) is 0 Å². The van der Waals surface area contributed by atoms with Crippen LogP contribution in [0, 0.1) is 6.92 Å². The molecule has 174 valence electrons. The molecule has 0 radical (unpaired) electrons. The van der Waals surface area contributed by atoms with Crippen molar-refractivity contribution in [3.05, 3.63) is 59.7 Å². The Kier molecular flexibility index (Phi) is 8.28. The van der Waals surface area contributed by atoms with Gasteiger partial charge in [-0.1, -0.05) is 43.3 Å². The van der Waals surface area contributed by atoms with Crippen molar-refractivity contribution in [2.24, 2.45) is 0 Å². The van der Waals surface area contributed by atoms with Crippen molar-refractivity contribution in [2.45, 2.75) is 25.2 Å². The number of ether oxygens (including phenoxy) is 1. The minimum absolute atomic E-state index is 0.0941. The molecule has 0 unspecified atom stereocenters. The molecule has 2 aromatic carbocycles. The van der Waals surface area contributed by atoms with Crippen molar-refractivity contribution in [1.29, 1.82) is 0 Å². The summed E-state index contributed by atoms with van der Waals surface area (Å²) < 4.78 is 34.0. The van der Waals surface area contributed by atoms with Gasteiger partial charge in [0.2, 0.25) is 15.9 Å². The molecule has 0 saturated carbocycles. The van der Waals surface area contributed by atoms with Crippen LogP contribution >= 0.6 is 0 Å². The fourth-order valence-electron chi connectivity index (χ4n) is 3.87. The van der Waals surface area contributed by atoms with E-state index in [-0.39, 0.29) is 29.6 Å². The van der Waals surface area contributed by atoms with E-state index in [1.54, 1.807) is 17.0 Å². The van der Waals surface area contributed by atoms with Crippen molar-refractivity contribution in [3.63, 3.8) is 0 Å². The van der Waals surface area contributed by atoms with E-state index in [0.717, 1.165) is 30.8 Å². The fraction of sp³-hybridized carbons (Fsp3) is 0.458. The largest absolute Gasteiger partial charge is 0.495 e. The lowest BCUT2D eigenvalue weighted by Crippen LogP contribution is -2.51. The molecule has 3 rings (SSSR count). The second-order valence-corrected chi connectivity index (χ2v) is 9.95. The zero-order valence-electron chi connectivity index (χ0n) is 19.2. The Labute approximate surface area is 191 Å². The number of rotatable bonds is 9. The quantitative estimate of drug-likeness (QED) is 0.576. The van der Waals surface area contributed by atoms with Gasteiger partial charge in [-0.05, 0) is 43.1 Å². The van der Waals surface area contributed by atoms with Crippen LogP contribution in [0.15, 0.2) is 53.4 Å². The summed E-state index contributed by atoms with van der Waals surface area (Å²) in [5.41, 5.74) is 1.84. The molecule has 0 aromatic heterocycles. The Morgan fingerprint density at radius 1 is 1.06 bits per heavy atom. The van der Waals surface area contributed by atoms with Gasteiger partial charge in [0.25, 0.3) is 0 Å². The molecule has 8 heteroatoms. The molecule has 32 heavy (non-hydrogen) atoms. The van der Waals surface area contributed by atoms with E-state index in [2.05, 4.69) is 11.8 Å². The van der Waals surface area contributed by atoms with E-state index in [1.807, 2.05) is 43.3 Å². The zero-order chi connectivity index (χ0) is 23.1. The van der Waals surface area contributed by atoms with Crippen LogP contribution in [0.1, 0.15) is 18.1 Å². The number of methoxy groups -OCH3 is 1. The van der Waals surface area contributed by atoms with Gasteiger partial charge in [0.15, 0.2) is 0 Å². The first-order valence-corrected chi connectivity index (χ1v) is 12.5. The Hall–Kier alpha value is -2.42. The Balaban J connectivity index is 1.85. The van der Waals surface area contributed by atoms with E-state index in [0.29, 0.717) is 19.5 Å². The second-order valence-electron chi connectivity index (χ2n) is 8.04. The summed E-state index contributed by atoms with van der Waals surface area (Å²) in [6.07, 6.45) is 0.519. The van der Waals surface area contributed by atoms with Gasteiger partial charge in [-0.2, -0.15) is 4.31 Å². The third-order valence-corrected chi connectivity index (χ3v) is 7.78. The van der Waals surface area contributed by atoms with Crippen LogP contribution < -0.4 is 4.74 Å². The smallest absolute Gasteiger partial charge is 0.247 e. The molecule has 1 aliphatic rings. The average molecular weight is 460 g/mol. The molecule has 1 amide bonds. The van der Waals surface area contributed by atoms with Crippen molar-refractivity contribution in [1.82, 2.24) is 14.1 Å². The number of sulfonamides is 1. The van der Waals surface area contributed by atoms with Gasteiger partial charge in [0.1, 0.15) is 10.6 Å². The molecule has 0 bridgehead atoms. The number of benzene rings is 2. The fourth-order valence-corrected chi connectivity index (χ4v) is 5.50. The first-order valence-electron chi connectivity index (χ1n) is 11.0. The summed E-state index contributed by atoms with van der Waals surface area (Å²) in [5, 5.41) is 0. The van der Waals surface area contributed by atoms with Crippen LogP contribution in [0.5, 0.6) is 5.75 Å². The van der Waals surface area contributed by atoms with Crippen LogP contribution in [-0.4, -0.2) is 81.4 Å². The molecule has 1 heterocycles. The Morgan fingerprint density at radius 2 is 1.75 bits per heavy atom. The van der Waals surface area contributed by atoms with E-state index in [1.165, 1.54) is 11.4 Å². The van der Waals surface area contributed by atoms with Crippen LogP contribution in [0.2, 0.25) is 0 Å². The van der Waals surface area contributed by atoms with E-state index in [4.69, 9.17) is 4.74 Å². The lowest BCUT2D eigenvalue weighted by atomic mass is 10.1. The Morgan fingerprint density at radius 3 is 2.38 bits per heavy atom. The third-order valence-electron chi connectivity index (χ3n) is 5.91. The number of amides is 1. The molecule has 1 fully saturated rings. The molecule has 1 saturated heterocycles. The Bertz CT molecular complexity index is 1000. The summed E-state index contributed by atoms with van der Waals surface area (Å²) in [7, 11) is -2.48. The summed E-state index contributed by atoms with van der Waals surface area (Å²) in [6.45, 7) is 7.78. The lowest BCUT2D eigenvalue weighted by molar-refractivity contribution is -0.133. The number of aryl methyl sites for hydroxylation is 1. The summed E-state index contributed by atoms with van der Waals surface area (Å²) >= 11 is 0. The molecule has 1 aliphatic heterocycles. The predicted molar refractivity (Wildman–Crippen MR) is 125 cm³/mol. The van der Waals surface area contributed by atoms with Crippen LogP contribution in [-0.2, 0) is 21.2 Å². The molecule has 0 aliphatic carbocycles. The van der Waals surface area contributed by atoms with Crippen molar-refractivity contribution in [2.75, 3.05) is 52.9 Å². The monoisotopic (exact) mass is 459 g/mol. The van der Waals surface area contributed by atoms with Crippen LogP contribution in [0.3, 0.4) is 0 Å². The number of carbonyl (C=O) groups excluding carboxylic acids is 1. The predicted octanol–water partition coefficient (Wildman–Crippen LogP) is 2.40. The molecular weight excluding hydrogens is 426 g/mol. The highest BCUT2D eigenvalue weighted by Gasteiger charge is 2.31. The topological polar surface area (TPSA) is 70.2 Å². The third kappa shape index (κ3) is 5.88. The average Bonchev–Trinajstić information content (AvgIpc) is 2.82. The number of hydrogen-bond donors (Lipinski definition) is 0. The van der Waals surface area contributed by atoms with E-state index < -0.39 is 10.0 Å². The minimum Gasteiger partial charge on any atom is -0.495 e. The summed E-state index contributed by atoms with van der Waals surface area (Å²) in [6, 6.07) is 14.8. The van der Waals surface area contributed by atoms with Gasteiger partial charge in [-0.3, -0.25) is 4.79 Å². The van der Waals surface area contributed by atoms with E-state index in [9.17, 15) is 13.2 Å². The minimum atomic E-state index is -3.94. The second kappa shape index (κ2) is 10.9. The maximum Gasteiger partial charge on any atom is 0.247 e. The van der Waals surface area contributed by atoms with Gasteiger partial charge in [0.05, 0.1) is 13.7 Å². The van der Waals surface area contributed by atoms with Gasteiger partial charge >= 0.3 is 0 Å². The van der Waals surface area contributed by atoms with Crippen LogP contribution in [0.25, 0.3) is 0 Å². The van der Waals surface area contributed by atoms with Crippen molar-refractivity contribution >= 4 is 15.9 Å². The molecule has 0 N–H and O–H groups in total.